The fraction of sp³-hybridized carbons (Fsp3) is 0.188. The molecule has 1 N–H and O–H groups in total. The number of carbonyl (C=O) groups is 1. The molecule has 6 nitrogen and oxygen atoms in total. The van der Waals surface area contributed by atoms with Crippen LogP contribution in [0.25, 0.3) is 0 Å². The smallest absolute Gasteiger partial charge is 0.325 e. The average Bonchev–Trinajstić information content (AvgIpc) is 2.55. The van der Waals surface area contributed by atoms with Crippen LogP contribution in [0, 0.1) is 10.1 Å². The Labute approximate surface area is 127 Å². The van der Waals surface area contributed by atoms with Crippen molar-refractivity contribution < 1.29 is 14.5 Å². The molecule has 0 radical (unpaired) electrons. The minimum Gasteiger partial charge on any atom is -0.497 e. The Morgan fingerprint density at radius 3 is 2.32 bits per heavy atom. The molecule has 0 saturated carbocycles. The first-order valence-corrected chi connectivity index (χ1v) is 6.66. The number of nitro groups is 1. The van der Waals surface area contributed by atoms with Crippen LogP contribution in [0.4, 0.5) is 0 Å². The van der Waals surface area contributed by atoms with Gasteiger partial charge in [0.2, 0.25) is 6.41 Å². The van der Waals surface area contributed by atoms with Gasteiger partial charge in [0.05, 0.1) is 24.0 Å². The van der Waals surface area contributed by atoms with Gasteiger partial charge in [0.1, 0.15) is 5.75 Å². The van der Waals surface area contributed by atoms with Gasteiger partial charge in [-0.15, -0.1) is 0 Å². The van der Waals surface area contributed by atoms with Crippen LogP contribution in [0.5, 0.6) is 5.75 Å². The van der Waals surface area contributed by atoms with Crippen molar-refractivity contribution in [1.29, 1.82) is 0 Å². The third-order valence-corrected chi connectivity index (χ3v) is 3.48. The van der Waals surface area contributed by atoms with Gasteiger partial charge in [0, 0.05) is 0 Å². The minimum absolute atomic E-state index is 0.0475. The predicted octanol–water partition coefficient (Wildman–Crippen LogP) is 2.11. The van der Waals surface area contributed by atoms with E-state index < -0.39 is 10.6 Å². The lowest BCUT2D eigenvalue weighted by atomic mass is 9.92. The third kappa shape index (κ3) is 3.06. The molecule has 0 spiro atoms. The van der Waals surface area contributed by atoms with Gasteiger partial charge >= 0.3 is 5.66 Å². The number of hydrogen-bond donors (Lipinski definition) is 1. The molecule has 0 saturated heterocycles. The number of benzene rings is 2. The second-order valence-electron chi connectivity index (χ2n) is 4.77. The second-order valence-corrected chi connectivity index (χ2v) is 4.77. The summed E-state index contributed by atoms with van der Waals surface area (Å²) in [5, 5.41) is 14.1. The van der Waals surface area contributed by atoms with Crippen molar-refractivity contribution >= 4 is 6.41 Å². The fourth-order valence-corrected chi connectivity index (χ4v) is 2.31. The number of hydrogen-bond acceptors (Lipinski definition) is 4. The van der Waals surface area contributed by atoms with Crippen LogP contribution in [-0.2, 0) is 16.9 Å². The molecule has 0 bridgehead atoms. The Balaban J connectivity index is 2.47. The Hall–Kier alpha value is -2.89. The van der Waals surface area contributed by atoms with Crippen molar-refractivity contribution in [3.8, 4) is 5.75 Å². The van der Waals surface area contributed by atoms with Crippen LogP contribution in [0.3, 0.4) is 0 Å². The summed E-state index contributed by atoms with van der Waals surface area (Å²) in [7, 11) is 1.52. The number of rotatable bonds is 7. The molecule has 2 aromatic rings. The maximum absolute atomic E-state index is 11.7. The van der Waals surface area contributed by atoms with Gasteiger partial charge in [0.25, 0.3) is 0 Å². The first-order valence-electron chi connectivity index (χ1n) is 6.66. The first kappa shape index (κ1) is 15.5. The summed E-state index contributed by atoms with van der Waals surface area (Å²) in [5.74, 6) is 0.590. The van der Waals surface area contributed by atoms with E-state index in [1.165, 1.54) is 7.11 Å². The molecule has 0 aromatic heterocycles. The summed E-state index contributed by atoms with van der Waals surface area (Å²) >= 11 is 0. The van der Waals surface area contributed by atoms with E-state index in [4.69, 9.17) is 4.74 Å². The van der Waals surface area contributed by atoms with E-state index in [1.807, 2.05) is 6.07 Å². The molecule has 6 heteroatoms. The van der Waals surface area contributed by atoms with Crippen molar-refractivity contribution in [2.75, 3.05) is 7.11 Å². The fourth-order valence-electron chi connectivity index (χ4n) is 2.31. The highest BCUT2D eigenvalue weighted by Crippen LogP contribution is 2.28. The average molecular weight is 300 g/mol. The summed E-state index contributed by atoms with van der Waals surface area (Å²) in [6.07, 6.45) is 0.405. The lowest BCUT2D eigenvalue weighted by Crippen LogP contribution is -2.50. The number of amides is 1. The van der Waals surface area contributed by atoms with Gasteiger partial charge in [-0.2, -0.15) is 0 Å². The zero-order chi connectivity index (χ0) is 16.0. The summed E-state index contributed by atoms with van der Waals surface area (Å²) in [6, 6.07) is 15.4. The molecule has 0 aliphatic rings. The zero-order valence-electron chi connectivity index (χ0n) is 12.1. The zero-order valence-corrected chi connectivity index (χ0v) is 12.1. The number of methoxy groups -OCH3 is 1. The number of carbonyl (C=O) groups excluding carboxylic acids is 1. The van der Waals surface area contributed by atoms with E-state index in [-0.39, 0.29) is 6.42 Å². The first-order chi connectivity index (χ1) is 10.6. The molecule has 0 fully saturated rings. The maximum Gasteiger partial charge on any atom is 0.325 e. The summed E-state index contributed by atoms with van der Waals surface area (Å²) < 4.78 is 5.06. The van der Waals surface area contributed by atoms with Crippen LogP contribution in [0.1, 0.15) is 11.1 Å². The monoisotopic (exact) mass is 300 g/mol. The molecule has 2 rings (SSSR count). The van der Waals surface area contributed by atoms with Crippen molar-refractivity contribution in [2.24, 2.45) is 0 Å². The predicted molar refractivity (Wildman–Crippen MR) is 81.0 cm³/mol. The lowest BCUT2D eigenvalue weighted by molar-refractivity contribution is -0.585. The molecule has 1 atom stereocenters. The molecule has 0 aliphatic heterocycles. The standard InChI is InChI=1S/C16H16N2O4/c1-22-15-9-7-14(8-10-15)16(17-12-19,18(20)21)11-13-5-3-2-4-6-13/h2-10,12H,11H2,1H3,(H,17,19). The van der Waals surface area contributed by atoms with Crippen molar-refractivity contribution in [2.45, 2.75) is 12.1 Å². The molecule has 1 unspecified atom stereocenters. The molecule has 0 heterocycles. The molecule has 0 aliphatic carbocycles. The van der Waals surface area contributed by atoms with E-state index in [0.29, 0.717) is 17.7 Å². The number of ether oxygens (including phenoxy) is 1. The normalized spacial score (nSPS) is 13.0. The summed E-state index contributed by atoms with van der Waals surface area (Å²) in [6.45, 7) is 0. The lowest BCUT2D eigenvalue weighted by Gasteiger charge is -2.25. The SMILES string of the molecule is COc1ccc(C(Cc2ccccc2)(NC=O)[N+](=O)[O-])cc1. The molecule has 114 valence electrons. The van der Waals surface area contributed by atoms with Gasteiger partial charge in [-0.05, 0) is 29.8 Å². The Bertz CT molecular complexity index is 643. The number of nitrogens with zero attached hydrogens (tertiary/aromatic N) is 1. The number of nitrogens with one attached hydrogen (secondary N) is 1. The van der Waals surface area contributed by atoms with Crippen molar-refractivity contribution in [3.05, 3.63) is 75.8 Å². The van der Waals surface area contributed by atoms with Crippen LogP contribution in [-0.4, -0.2) is 18.4 Å². The minimum atomic E-state index is -1.71. The quantitative estimate of drug-likeness (QED) is 0.367. The topological polar surface area (TPSA) is 81.5 Å². The molecule has 2 aromatic carbocycles. The third-order valence-electron chi connectivity index (χ3n) is 3.48. The van der Waals surface area contributed by atoms with E-state index in [0.717, 1.165) is 5.56 Å². The maximum atomic E-state index is 11.7. The van der Waals surface area contributed by atoms with Gasteiger partial charge in [-0.1, -0.05) is 30.3 Å². The van der Waals surface area contributed by atoms with E-state index >= 15 is 0 Å². The largest absolute Gasteiger partial charge is 0.497 e. The Morgan fingerprint density at radius 2 is 1.82 bits per heavy atom. The van der Waals surface area contributed by atoms with E-state index in [9.17, 15) is 14.9 Å². The van der Waals surface area contributed by atoms with Crippen LogP contribution >= 0.6 is 0 Å². The summed E-state index contributed by atoms with van der Waals surface area (Å²) in [5.41, 5.74) is -0.575. The van der Waals surface area contributed by atoms with Gasteiger partial charge in [-0.25, -0.2) is 0 Å². The van der Waals surface area contributed by atoms with Crippen LogP contribution in [0.2, 0.25) is 0 Å². The molecule has 22 heavy (non-hydrogen) atoms. The van der Waals surface area contributed by atoms with Crippen molar-refractivity contribution in [3.63, 3.8) is 0 Å². The summed E-state index contributed by atoms with van der Waals surface area (Å²) in [4.78, 5) is 22.2. The highest BCUT2D eigenvalue weighted by Gasteiger charge is 2.44. The van der Waals surface area contributed by atoms with Gasteiger partial charge in [-0.3, -0.25) is 20.2 Å². The van der Waals surface area contributed by atoms with Gasteiger partial charge in [0.15, 0.2) is 0 Å². The van der Waals surface area contributed by atoms with Crippen LogP contribution < -0.4 is 10.1 Å². The highest BCUT2D eigenvalue weighted by molar-refractivity contribution is 5.49. The molecule has 1 amide bonds. The van der Waals surface area contributed by atoms with Crippen LogP contribution in [0.15, 0.2) is 54.6 Å². The molecular weight excluding hydrogens is 284 g/mol. The van der Waals surface area contributed by atoms with Crippen molar-refractivity contribution in [1.82, 2.24) is 5.32 Å². The second kappa shape index (κ2) is 6.71. The van der Waals surface area contributed by atoms with Gasteiger partial charge < -0.3 is 4.74 Å². The molecular formula is C16H16N2O4. The Morgan fingerprint density at radius 1 is 1.18 bits per heavy atom. The Kier molecular flexibility index (Phi) is 4.73. The van der Waals surface area contributed by atoms with E-state index in [1.54, 1.807) is 48.5 Å². The van der Waals surface area contributed by atoms with E-state index in [2.05, 4.69) is 5.32 Å². The highest BCUT2D eigenvalue weighted by atomic mass is 16.6.